The Morgan fingerprint density at radius 1 is 1.06 bits per heavy atom. The number of thioether (sulfide) groups is 1. The molecule has 0 fully saturated rings. The fourth-order valence-electron chi connectivity index (χ4n) is 3.33. The highest BCUT2D eigenvalue weighted by molar-refractivity contribution is 7.99. The highest BCUT2D eigenvalue weighted by Gasteiger charge is 2.15. The van der Waals surface area contributed by atoms with Gasteiger partial charge in [0.15, 0.2) is 17.6 Å². The zero-order valence-electron chi connectivity index (χ0n) is 19.6. The lowest BCUT2D eigenvalue weighted by molar-refractivity contribution is -0.123. The van der Waals surface area contributed by atoms with Crippen LogP contribution in [-0.4, -0.2) is 38.9 Å². The number of benzene rings is 2. The van der Waals surface area contributed by atoms with E-state index in [4.69, 9.17) is 4.74 Å². The molecule has 0 radical (unpaired) electrons. The zero-order chi connectivity index (χ0) is 24.7. The Bertz CT molecular complexity index is 1160. The lowest BCUT2D eigenvalue weighted by Gasteiger charge is -2.12. The Hall–Kier alpha value is -3.40. The van der Waals surface area contributed by atoms with E-state index >= 15 is 0 Å². The van der Waals surface area contributed by atoms with Crippen LogP contribution in [0.4, 0.5) is 10.1 Å². The molecule has 1 aromatic heterocycles. The molecule has 0 atom stereocenters. The first-order chi connectivity index (χ1) is 16.3. The molecule has 0 unspecified atom stereocenters. The number of aromatic nitrogens is 3. The minimum absolute atomic E-state index is 0.0874. The van der Waals surface area contributed by atoms with Gasteiger partial charge in [0.25, 0.3) is 5.91 Å². The van der Waals surface area contributed by atoms with Crippen LogP contribution in [0.3, 0.4) is 0 Å². The van der Waals surface area contributed by atoms with E-state index in [0.717, 1.165) is 11.1 Å². The van der Waals surface area contributed by atoms with Gasteiger partial charge in [0, 0.05) is 17.8 Å². The summed E-state index contributed by atoms with van der Waals surface area (Å²) in [6.45, 7) is 8.06. The quantitative estimate of drug-likeness (QED) is 0.424. The van der Waals surface area contributed by atoms with Gasteiger partial charge in [0.1, 0.15) is 11.6 Å². The molecule has 0 saturated heterocycles. The normalized spacial score (nSPS) is 10.7. The number of rotatable bonds is 10. The number of nitrogens with zero attached hydrogens (tertiary/aromatic N) is 3. The van der Waals surface area contributed by atoms with Gasteiger partial charge in [-0.1, -0.05) is 36.0 Å². The predicted molar refractivity (Wildman–Crippen MR) is 129 cm³/mol. The average molecular weight is 486 g/mol. The third-order valence-electron chi connectivity index (χ3n) is 5.18. The van der Waals surface area contributed by atoms with Crippen LogP contribution in [0.25, 0.3) is 0 Å². The third kappa shape index (κ3) is 6.34. The molecule has 2 N–H and O–H groups in total. The number of carbonyl (C=O) groups excluding carboxylic acids is 2. The van der Waals surface area contributed by atoms with Crippen molar-refractivity contribution >= 4 is 29.3 Å². The van der Waals surface area contributed by atoms with Gasteiger partial charge in [-0.05, 0) is 51.0 Å². The Kier molecular flexibility index (Phi) is 8.64. The molecule has 10 heteroatoms. The summed E-state index contributed by atoms with van der Waals surface area (Å²) in [6, 6.07) is 10.4. The van der Waals surface area contributed by atoms with Crippen LogP contribution >= 0.6 is 11.8 Å². The summed E-state index contributed by atoms with van der Waals surface area (Å²) < 4.78 is 21.2. The molecule has 0 bridgehead atoms. The molecule has 3 aromatic rings. The maximum atomic E-state index is 13.7. The van der Waals surface area contributed by atoms with E-state index in [0.29, 0.717) is 34.5 Å². The van der Waals surface area contributed by atoms with Crippen molar-refractivity contribution in [3.63, 3.8) is 0 Å². The number of amides is 2. The van der Waals surface area contributed by atoms with E-state index in [-0.39, 0.29) is 36.5 Å². The molecule has 0 aliphatic rings. The summed E-state index contributed by atoms with van der Waals surface area (Å²) >= 11 is 1.22. The van der Waals surface area contributed by atoms with E-state index in [9.17, 15) is 14.0 Å². The Morgan fingerprint density at radius 3 is 2.47 bits per heavy atom. The molecule has 180 valence electrons. The lowest BCUT2D eigenvalue weighted by atomic mass is 10.1. The van der Waals surface area contributed by atoms with Crippen molar-refractivity contribution in [1.82, 2.24) is 20.1 Å². The first-order valence-electron chi connectivity index (χ1n) is 10.9. The Labute approximate surface area is 202 Å². The third-order valence-corrected chi connectivity index (χ3v) is 6.15. The Morgan fingerprint density at radius 2 is 1.76 bits per heavy atom. The molecule has 3 rings (SSSR count). The van der Waals surface area contributed by atoms with Gasteiger partial charge in [0.05, 0.1) is 12.3 Å². The van der Waals surface area contributed by atoms with E-state index in [1.54, 1.807) is 19.1 Å². The fourth-order valence-corrected chi connectivity index (χ4v) is 4.15. The second kappa shape index (κ2) is 11.6. The molecule has 0 spiro atoms. The number of hydrogen-bond acceptors (Lipinski definition) is 6. The average Bonchev–Trinajstić information content (AvgIpc) is 3.21. The molecule has 8 nitrogen and oxygen atoms in total. The van der Waals surface area contributed by atoms with Gasteiger partial charge in [-0.25, -0.2) is 4.39 Å². The van der Waals surface area contributed by atoms with Crippen LogP contribution in [0.15, 0.2) is 41.6 Å². The molecule has 0 aliphatic carbocycles. The number of hydrogen-bond donors (Lipinski definition) is 2. The number of halogens is 1. The minimum Gasteiger partial charge on any atom is -0.483 e. The first-order valence-corrected chi connectivity index (χ1v) is 11.8. The summed E-state index contributed by atoms with van der Waals surface area (Å²) in [6.07, 6.45) is 0. The van der Waals surface area contributed by atoms with Gasteiger partial charge in [-0.3, -0.25) is 9.59 Å². The van der Waals surface area contributed by atoms with Crippen molar-refractivity contribution in [3.05, 3.63) is 64.7 Å². The number of carbonyl (C=O) groups is 2. The van der Waals surface area contributed by atoms with Gasteiger partial charge < -0.3 is 19.9 Å². The van der Waals surface area contributed by atoms with Crippen molar-refractivity contribution in [1.29, 1.82) is 0 Å². The molecule has 0 saturated carbocycles. The topological polar surface area (TPSA) is 98.1 Å². The van der Waals surface area contributed by atoms with E-state index in [2.05, 4.69) is 20.8 Å². The molecule has 2 aromatic carbocycles. The minimum atomic E-state index is -0.373. The molecule has 1 heterocycles. The Balaban J connectivity index is 1.52. The van der Waals surface area contributed by atoms with Gasteiger partial charge in [0.2, 0.25) is 5.91 Å². The zero-order valence-corrected chi connectivity index (χ0v) is 20.5. The summed E-state index contributed by atoms with van der Waals surface area (Å²) in [7, 11) is 0. The standard InChI is InChI=1S/C24H28FN5O3S/c1-5-30-20(12-26-21(31)13-33-23-15(2)8-6-9-16(23)3)28-29-24(30)34-14-22(32)27-19-11-7-10-18(25)17(19)4/h6-11H,5,12-14H2,1-4H3,(H,26,31)(H,27,32). The number of ether oxygens (including phenoxy) is 1. The van der Waals surface area contributed by atoms with Crippen LogP contribution in [0, 0.1) is 26.6 Å². The maximum absolute atomic E-state index is 13.7. The molecular weight excluding hydrogens is 457 g/mol. The van der Waals surface area contributed by atoms with Crippen molar-refractivity contribution in [2.24, 2.45) is 0 Å². The molecular formula is C24H28FN5O3S. The van der Waals surface area contributed by atoms with Crippen LogP contribution in [0.1, 0.15) is 29.4 Å². The molecule has 34 heavy (non-hydrogen) atoms. The van der Waals surface area contributed by atoms with E-state index in [1.165, 1.54) is 17.8 Å². The van der Waals surface area contributed by atoms with Gasteiger partial charge in [-0.2, -0.15) is 0 Å². The first kappa shape index (κ1) is 25.2. The van der Waals surface area contributed by atoms with Gasteiger partial charge >= 0.3 is 0 Å². The lowest BCUT2D eigenvalue weighted by Crippen LogP contribution is -2.29. The molecule has 0 aliphatic heterocycles. The van der Waals surface area contributed by atoms with Crippen molar-refractivity contribution in [2.75, 3.05) is 17.7 Å². The summed E-state index contributed by atoms with van der Waals surface area (Å²) in [5, 5.41) is 14.4. The summed E-state index contributed by atoms with van der Waals surface area (Å²) in [5.41, 5.74) is 2.76. The van der Waals surface area contributed by atoms with Crippen molar-refractivity contribution < 1.29 is 18.7 Å². The van der Waals surface area contributed by atoms with Crippen LogP contribution in [0.5, 0.6) is 5.75 Å². The van der Waals surface area contributed by atoms with E-state index < -0.39 is 0 Å². The highest BCUT2D eigenvalue weighted by atomic mass is 32.2. The predicted octanol–water partition coefficient (Wildman–Crippen LogP) is 3.79. The fraction of sp³-hybridized carbons (Fsp3) is 0.333. The van der Waals surface area contributed by atoms with Crippen LogP contribution < -0.4 is 15.4 Å². The van der Waals surface area contributed by atoms with Crippen molar-refractivity contribution in [2.45, 2.75) is 45.9 Å². The summed E-state index contributed by atoms with van der Waals surface area (Å²) in [4.78, 5) is 24.6. The van der Waals surface area contributed by atoms with E-state index in [1.807, 2.05) is 43.5 Å². The molecule has 2 amide bonds. The number of nitrogens with one attached hydrogen (secondary N) is 2. The van der Waals surface area contributed by atoms with Crippen LogP contribution in [-0.2, 0) is 22.7 Å². The SMILES string of the molecule is CCn1c(CNC(=O)COc2c(C)cccc2C)nnc1SCC(=O)Nc1cccc(F)c1C. The van der Waals surface area contributed by atoms with Crippen molar-refractivity contribution in [3.8, 4) is 5.75 Å². The second-order valence-electron chi connectivity index (χ2n) is 7.68. The number of para-hydroxylation sites is 1. The summed E-state index contributed by atoms with van der Waals surface area (Å²) in [5.74, 6) is 0.452. The second-order valence-corrected chi connectivity index (χ2v) is 8.62. The van der Waals surface area contributed by atoms with Gasteiger partial charge in [-0.15, -0.1) is 10.2 Å². The van der Waals surface area contributed by atoms with Crippen LogP contribution in [0.2, 0.25) is 0 Å². The highest BCUT2D eigenvalue weighted by Crippen LogP contribution is 2.22. The number of aryl methyl sites for hydroxylation is 2. The smallest absolute Gasteiger partial charge is 0.258 e. The maximum Gasteiger partial charge on any atom is 0.258 e. The monoisotopic (exact) mass is 485 g/mol. The number of anilines is 1. The largest absolute Gasteiger partial charge is 0.483 e.